The SMILES string of the molecule is CNS(=O)(=O)N1CCC(O[N+]23C[C@@H](CC[C@H]2C(N)=O)N(OS(=O)(=O)O)C3=O)C1. The normalized spacial score (nSPS) is 34.1. The molecule has 3 rings (SSSR count). The first kappa shape index (κ1) is 21.3. The highest BCUT2D eigenvalue weighted by Crippen LogP contribution is 2.40. The van der Waals surface area contributed by atoms with Crippen LogP contribution in [0.4, 0.5) is 4.79 Å². The number of carbonyl (C=O) groups excluding carboxylic acids is 2. The minimum Gasteiger partial charge on any atom is -0.364 e. The lowest BCUT2D eigenvalue weighted by molar-refractivity contribution is -1.06. The highest BCUT2D eigenvalue weighted by molar-refractivity contribution is 7.87. The molecule has 3 heterocycles. The van der Waals surface area contributed by atoms with Crippen LogP contribution in [0, 0.1) is 0 Å². The lowest BCUT2D eigenvalue weighted by Crippen LogP contribution is -2.64. The molecule has 3 fully saturated rings. The molecule has 0 spiro atoms. The number of amides is 3. The standard InChI is InChI=1S/C12H21N5O9S2/c1-14-27(20,21)15-5-4-9(6-15)25-17-7-8(2-3-10(17)11(13)18)16(12(17)19)26-28(22,23)24/h8-10,14H,2-7H2,1H3,(H2-,13,18,22,23,24)/p+1/t8-,9?,10+,17?/m1/s1. The first-order chi connectivity index (χ1) is 12.9. The molecule has 2 unspecified atom stereocenters. The third kappa shape index (κ3) is 3.73. The molecule has 0 saturated carbocycles. The second kappa shape index (κ2) is 7.13. The summed E-state index contributed by atoms with van der Waals surface area (Å²) in [7, 11) is -7.41. The number of hydrogen-bond donors (Lipinski definition) is 3. The number of nitrogens with two attached hydrogens (primary N) is 1. The van der Waals surface area contributed by atoms with Crippen molar-refractivity contribution in [2.24, 2.45) is 5.73 Å². The van der Waals surface area contributed by atoms with E-state index in [9.17, 15) is 26.4 Å². The third-order valence-electron chi connectivity index (χ3n) is 5.15. The van der Waals surface area contributed by atoms with Gasteiger partial charge in [-0.1, -0.05) is 4.65 Å². The Morgan fingerprint density at radius 1 is 1.29 bits per heavy atom. The zero-order valence-electron chi connectivity index (χ0n) is 14.9. The number of rotatable bonds is 7. The van der Waals surface area contributed by atoms with E-state index in [1.807, 2.05) is 0 Å². The van der Waals surface area contributed by atoms with Crippen LogP contribution in [0.15, 0.2) is 0 Å². The lowest BCUT2D eigenvalue weighted by atomic mass is 10.00. The van der Waals surface area contributed by atoms with E-state index in [1.165, 1.54) is 7.05 Å². The van der Waals surface area contributed by atoms with Gasteiger partial charge in [-0.15, -0.1) is 9.35 Å². The van der Waals surface area contributed by atoms with Crippen LogP contribution < -0.4 is 10.5 Å². The Kier molecular flexibility index (Phi) is 5.43. The fraction of sp³-hybridized carbons (Fsp3) is 0.833. The van der Waals surface area contributed by atoms with Gasteiger partial charge in [-0.25, -0.2) is 9.52 Å². The maximum atomic E-state index is 12.9. The van der Waals surface area contributed by atoms with Crippen LogP contribution in [-0.4, -0.2) is 92.2 Å². The molecule has 160 valence electrons. The quantitative estimate of drug-likeness (QED) is 0.281. The lowest BCUT2D eigenvalue weighted by Gasteiger charge is -2.36. The zero-order valence-corrected chi connectivity index (χ0v) is 16.6. The van der Waals surface area contributed by atoms with E-state index in [0.29, 0.717) is 5.06 Å². The zero-order chi connectivity index (χ0) is 20.9. The van der Waals surface area contributed by atoms with Crippen molar-refractivity contribution in [3.05, 3.63) is 0 Å². The Morgan fingerprint density at radius 3 is 2.54 bits per heavy atom. The fourth-order valence-corrected chi connectivity index (χ4v) is 5.27. The number of carbonyl (C=O) groups is 2. The molecule has 0 aromatic carbocycles. The number of quaternary nitrogens is 1. The van der Waals surface area contributed by atoms with Gasteiger partial charge in [-0.05, 0) is 12.8 Å². The van der Waals surface area contributed by atoms with Gasteiger partial charge in [-0.2, -0.15) is 26.0 Å². The number of urea groups is 1. The van der Waals surface area contributed by atoms with Gasteiger partial charge in [0.25, 0.3) is 16.1 Å². The number of primary amides is 1. The van der Waals surface area contributed by atoms with Gasteiger partial charge in [0, 0.05) is 26.6 Å². The number of fused-ring (bicyclic) bond motifs is 2. The summed E-state index contributed by atoms with van der Waals surface area (Å²) in [6, 6.07) is -2.86. The maximum absolute atomic E-state index is 12.9. The van der Waals surface area contributed by atoms with Crippen molar-refractivity contribution in [1.82, 2.24) is 14.1 Å². The molecule has 3 aliphatic heterocycles. The summed E-state index contributed by atoms with van der Waals surface area (Å²) in [5.74, 6) is -0.821. The molecule has 4 atom stereocenters. The highest BCUT2D eigenvalue weighted by Gasteiger charge is 2.66. The number of nitrogens with zero attached hydrogens (tertiary/aromatic N) is 3. The van der Waals surface area contributed by atoms with Gasteiger partial charge in [0.2, 0.25) is 6.04 Å². The molecule has 16 heteroatoms. The maximum Gasteiger partial charge on any atom is 0.477 e. The Balaban J connectivity index is 1.87. The molecule has 3 aliphatic rings. The summed E-state index contributed by atoms with van der Waals surface area (Å²) < 4.78 is 61.8. The van der Waals surface area contributed by atoms with E-state index in [-0.39, 0.29) is 38.9 Å². The van der Waals surface area contributed by atoms with Crippen molar-refractivity contribution < 1.29 is 44.7 Å². The second-order valence-electron chi connectivity index (χ2n) is 6.82. The van der Waals surface area contributed by atoms with Gasteiger partial charge in [0.05, 0.1) is 0 Å². The van der Waals surface area contributed by atoms with E-state index in [2.05, 4.69) is 9.01 Å². The number of hydrogen-bond acceptors (Lipinski definition) is 8. The van der Waals surface area contributed by atoms with E-state index in [4.69, 9.17) is 15.1 Å². The fourth-order valence-electron chi connectivity index (χ4n) is 3.92. The molecule has 0 aliphatic carbocycles. The largest absolute Gasteiger partial charge is 0.477 e. The Morgan fingerprint density at radius 2 is 1.96 bits per heavy atom. The first-order valence-corrected chi connectivity index (χ1v) is 11.2. The molecule has 3 saturated heterocycles. The summed E-state index contributed by atoms with van der Waals surface area (Å²) >= 11 is 0. The molecule has 4 N–H and O–H groups in total. The molecule has 3 amide bonds. The number of hydroxylamine groups is 5. The molecule has 0 aromatic rings. The minimum atomic E-state index is -4.97. The van der Waals surface area contributed by atoms with Crippen molar-refractivity contribution >= 4 is 32.5 Å². The summed E-state index contributed by atoms with van der Waals surface area (Å²) in [6.45, 7) is -0.0546. The van der Waals surface area contributed by atoms with Crippen LogP contribution in [0.5, 0.6) is 0 Å². The van der Waals surface area contributed by atoms with E-state index in [1.54, 1.807) is 0 Å². The van der Waals surface area contributed by atoms with Crippen LogP contribution in [0.2, 0.25) is 0 Å². The molecule has 2 bridgehead atoms. The van der Waals surface area contributed by atoms with Crippen LogP contribution in [-0.2, 0) is 34.5 Å². The van der Waals surface area contributed by atoms with Gasteiger partial charge in [0.15, 0.2) is 0 Å². The average Bonchev–Trinajstić information content (AvgIpc) is 3.13. The van der Waals surface area contributed by atoms with E-state index >= 15 is 0 Å². The van der Waals surface area contributed by atoms with Gasteiger partial charge in [-0.3, -0.25) is 9.35 Å². The van der Waals surface area contributed by atoms with Crippen molar-refractivity contribution in [3.63, 3.8) is 0 Å². The van der Waals surface area contributed by atoms with Crippen molar-refractivity contribution in [2.75, 3.05) is 26.7 Å². The van der Waals surface area contributed by atoms with Gasteiger partial charge >= 0.3 is 16.4 Å². The summed E-state index contributed by atoms with van der Waals surface area (Å²) in [5, 5.41) is 0.481. The smallest absolute Gasteiger partial charge is 0.364 e. The third-order valence-corrected chi connectivity index (χ3v) is 7.02. The Labute approximate surface area is 161 Å². The molecular formula is C12H22N5O9S2+. The monoisotopic (exact) mass is 444 g/mol. The van der Waals surface area contributed by atoms with E-state index in [0.717, 1.165) is 4.31 Å². The highest BCUT2D eigenvalue weighted by atomic mass is 32.3. The van der Waals surface area contributed by atoms with Crippen LogP contribution >= 0.6 is 0 Å². The van der Waals surface area contributed by atoms with Crippen LogP contribution in [0.3, 0.4) is 0 Å². The van der Waals surface area contributed by atoms with Gasteiger partial charge in [0.1, 0.15) is 18.7 Å². The molecule has 28 heavy (non-hydrogen) atoms. The number of piperidine rings is 1. The average molecular weight is 444 g/mol. The molecule has 0 radical (unpaired) electrons. The Bertz CT molecular complexity index is 878. The predicted octanol–water partition coefficient (Wildman–Crippen LogP) is -2.54. The molecule has 0 aromatic heterocycles. The first-order valence-electron chi connectivity index (χ1n) is 8.44. The Hall–Kier alpha value is -1.40. The number of nitrogens with one attached hydrogen (secondary N) is 1. The van der Waals surface area contributed by atoms with Gasteiger partial charge < -0.3 is 5.73 Å². The predicted molar refractivity (Wildman–Crippen MR) is 90.0 cm³/mol. The second-order valence-corrected chi connectivity index (χ2v) is 9.70. The van der Waals surface area contributed by atoms with Crippen LogP contribution in [0.25, 0.3) is 0 Å². The summed E-state index contributed by atoms with van der Waals surface area (Å²) in [6.07, 6.45) is -0.145. The molecular weight excluding hydrogens is 422 g/mol. The van der Waals surface area contributed by atoms with E-state index < -0.39 is 55.4 Å². The minimum absolute atomic E-state index is 0.0637. The summed E-state index contributed by atoms with van der Waals surface area (Å²) in [5.41, 5.74) is 5.43. The summed E-state index contributed by atoms with van der Waals surface area (Å²) in [4.78, 5) is 30.8. The van der Waals surface area contributed by atoms with Crippen molar-refractivity contribution in [1.29, 1.82) is 0 Å². The molecule has 14 nitrogen and oxygen atoms in total. The topological polar surface area (TPSA) is 186 Å². The van der Waals surface area contributed by atoms with Crippen LogP contribution in [0.1, 0.15) is 19.3 Å². The van der Waals surface area contributed by atoms with Crippen molar-refractivity contribution in [3.8, 4) is 0 Å². The van der Waals surface area contributed by atoms with Crippen molar-refractivity contribution in [2.45, 2.75) is 37.5 Å².